The average molecular weight is 692 g/mol. The van der Waals surface area contributed by atoms with Gasteiger partial charge in [0.2, 0.25) is 11.0 Å². The van der Waals surface area contributed by atoms with Gasteiger partial charge >= 0.3 is 12.3 Å². The SMILES string of the molecule is COCc1ccccc1N1C(=O)CSC1=NC(=S)NNC(C)c1ccc(-c2ncn(-c3ccc(OC(F)(F)C(F)(F)F)cc3)n2)cc1. The molecular formula is C30H26F5N7O3S2. The minimum Gasteiger partial charge on any atom is -0.426 e. The number of nitrogens with one attached hydrogen (secondary N) is 2. The van der Waals surface area contributed by atoms with Crippen LogP contribution in [0, 0.1) is 0 Å². The number of hydrogen-bond donors (Lipinski definition) is 2. The van der Waals surface area contributed by atoms with Crippen LogP contribution in [0.5, 0.6) is 5.75 Å². The summed E-state index contributed by atoms with van der Waals surface area (Å²) in [5, 5.41) is 4.96. The highest BCUT2D eigenvalue weighted by molar-refractivity contribution is 8.15. The first-order valence-corrected chi connectivity index (χ1v) is 15.2. The second-order valence-electron chi connectivity index (χ2n) is 10.0. The molecule has 4 aromatic rings. The molecule has 1 aromatic heterocycles. The van der Waals surface area contributed by atoms with Gasteiger partial charge in [0, 0.05) is 24.3 Å². The van der Waals surface area contributed by atoms with Gasteiger partial charge in [-0.15, -0.1) is 5.10 Å². The summed E-state index contributed by atoms with van der Waals surface area (Å²) in [5.41, 5.74) is 9.47. The van der Waals surface area contributed by atoms with E-state index in [-0.39, 0.29) is 22.8 Å². The molecule has 47 heavy (non-hydrogen) atoms. The standard InChI is InChI=1S/C30H26F5N7O3S2/c1-18(38-39-27(46)37-28-42(25(43)16-47-28)24-6-4-3-5-21(24)15-44-2)19-7-9-20(10-8-19)26-36-17-41(40-26)22-11-13-23(14-12-22)45-30(34,35)29(31,32)33/h3-14,17-18,38H,15-16H2,1-2H3,(H,39,46). The molecule has 1 unspecified atom stereocenters. The van der Waals surface area contributed by atoms with Crippen molar-refractivity contribution in [1.29, 1.82) is 0 Å². The van der Waals surface area contributed by atoms with Crippen molar-refractivity contribution < 1.29 is 36.2 Å². The first-order chi connectivity index (χ1) is 22.4. The van der Waals surface area contributed by atoms with E-state index < -0.39 is 18.0 Å². The van der Waals surface area contributed by atoms with Gasteiger partial charge in [-0.1, -0.05) is 54.2 Å². The van der Waals surface area contributed by atoms with Gasteiger partial charge in [0.1, 0.15) is 12.1 Å². The summed E-state index contributed by atoms with van der Waals surface area (Å²) in [5.74, 6) is -0.173. The Kier molecular flexibility index (Phi) is 10.2. The van der Waals surface area contributed by atoms with Crippen molar-refractivity contribution in [3.63, 3.8) is 0 Å². The van der Waals surface area contributed by atoms with Gasteiger partial charge in [-0.3, -0.25) is 15.1 Å². The number of methoxy groups -OCH3 is 1. The Morgan fingerprint density at radius 3 is 2.45 bits per heavy atom. The van der Waals surface area contributed by atoms with E-state index in [1.807, 2.05) is 43.3 Å². The third-order valence-corrected chi connectivity index (χ3v) is 7.85. The summed E-state index contributed by atoms with van der Waals surface area (Å²) in [6.45, 7) is 2.24. The fourth-order valence-corrected chi connectivity index (χ4v) is 5.44. The van der Waals surface area contributed by atoms with E-state index in [1.165, 1.54) is 39.8 Å². The molecule has 1 atom stereocenters. The van der Waals surface area contributed by atoms with E-state index in [0.29, 0.717) is 34.5 Å². The Labute approximate surface area is 274 Å². The number of amidine groups is 1. The van der Waals surface area contributed by atoms with Crippen LogP contribution in [0.15, 0.2) is 84.1 Å². The molecule has 1 aliphatic heterocycles. The number of halogens is 5. The number of hydrogen-bond acceptors (Lipinski definition) is 8. The molecule has 0 radical (unpaired) electrons. The van der Waals surface area contributed by atoms with Crippen LogP contribution in [-0.2, 0) is 16.1 Å². The number of aromatic nitrogens is 3. The number of alkyl halides is 5. The molecule has 0 saturated carbocycles. The van der Waals surface area contributed by atoms with Gasteiger partial charge in [-0.05, 0) is 55.0 Å². The van der Waals surface area contributed by atoms with Gasteiger partial charge < -0.3 is 9.47 Å². The van der Waals surface area contributed by atoms with E-state index in [0.717, 1.165) is 23.3 Å². The van der Waals surface area contributed by atoms with Gasteiger partial charge in [-0.25, -0.2) is 15.1 Å². The number of hydrazine groups is 1. The number of nitrogens with zero attached hydrogens (tertiary/aromatic N) is 5. The Morgan fingerprint density at radius 2 is 1.77 bits per heavy atom. The number of benzene rings is 3. The van der Waals surface area contributed by atoms with Crippen LogP contribution in [0.4, 0.5) is 27.6 Å². The Bertz CT molecular complexity index is 1770. The molecule has 1 amide bonds. The molecule has 0 aliphatic carbocycles. The summed E-state index contributed by atoms with van der Waals surface area (Å²) in [6.07, 6.45) is -9.78. The highest BCUT2D eigenvalue weighted by Crippen LogP contribution is 2.37. The zero-order valence-electron chi connectivity index (χ0n) is 24.7. The molecule has 246 valence electrons. The lowest BCUT2D eigenvalue weighted by Gasteiger charge is -2.20. The Balaban J connectivity index is 1.18. The monoisotopic (exact) mass is 691 g/mol. The minimum atomic E-state index is -5.84. The lowest BCUT2D eigenvalue weighted by atomic mass is 10.1. The number of thiocarbonyl (C=S) groups is 1. The van der Waals surface area contributed by atoms with E-state index in [2.05, 4.69) is 30.7 Å². The maximum atomic E-state index is 13.2. The van der Waals surface area contributed by atoms with Crippen LogP contribution in [0.3, 0.4) is 0 Å². The minimum absolute atomic E-state index is 0.111. The Hall–Kier alpha value is -4.45. The number of thioether (sulfide) groups is 1. The molecule has 3 aromatic carbocycles. The summed E-state index contributed by atoms with van der Waals surface area (Å²) in [6, 6.07) is 19.1. The van der Waals surface area contributed by atoms with Gasteiger partial charge in [-0.2, -0.15) is 26.9 Å². The van der Waals surface area contributed by atoms with Crippen molar-refractivity contribution in [3.05, 3.63) is 90.3 Å². The van der Waals surface area contributed by atoms with Crippen molar-refractivity contribution in [2.24, 2.45) is 4.99 Å². The highest BCUT2D eigenvalue weighted by Gasteiger charge is 2.61. The zero-order valence-corrected chi connectivity index (χ0v) is 26.3. The van der Waals surface area contributed by atoms with Crippen LogP contribution >= 0.6 is 24.0 Å². The van der Waals surface area contributed by atoms with Crippen LogP contribution in [0.25, 0.3) is 17.1 Å². The number of amides is 1. The molecular weight excluding hydrogens is 666 g/mol. The summed E-state index contributed by atoms with van der Waals surface area (Å²) in [4.78, 5) is 23.0. The molecule has 0 bridgehead atoms. The van der Waals surface area contributed by atoms with E-state index in [4.69, 9.17) is 17.0 Å². The van der Waals surface area contributed by atoms with E-state index in [9.17, 15) is 26.7 Å². The summed E-state index contributed by atoms with van der Waals surface area (Å²) in [7, 11) is 1.58. The van der Waals surface area contributed by atoms with Crippen LogP contribution < -0.4 is 20.5 Å². The first-order valence-electron chi connectivity index (χ1n) is 13.8. The molecule has 2 N–H and O–H groups in total. The van der Waals surface area contributed by atoms with Crippen molar-refractivity contribution in [3.8, 4) is 22.8 Å². The molecule has 1 aliphatic rings. The zero-order chi connectivity index (χ0) is 33.8. The molecule has 1 saturated heterocycles. The third-order valence-electron chi connectivity index (χ3n) is 6.73. The predicted octanol–water partition coefficient (Wildman–Crippen LogP) is 6.19. The normalized spacial score (nSPS) is 15.3. The summed E-state index contributed by atoms with van der Waals surface area (Å²) >= 11 is 6.70. The number of ether oxygens (including phenoxy) is 2. The molecule has 5 rings (SSSR count). The molecule has 2 heterocycles. The number of rotatable bonds is 10. The highest BCUT2D eigenvalue weighted by atomic mass is 32.2. The van der Waals surface area contributed by atoms with Crippen molar-refractivity contribution >= 4 is 45.9 Å². The molecule has 10 nitrogen and oxygen atoms in total. The number of carbonyl (C=O) groups is 1. The second-order valence-corrected chi connectivity index (χ2v) is 11.3. The van der Waals surface area contributed by atoms with Crippen molar-refractivity contribution in [2.75, 3.05) is 17.8 Å². The Morgan fingerprint density at radius 1 is 1.06 bits per heavy atom. The van der Waals surface area contributed by atoms with Crippen molar-refractivity contribution in [2.45, 2.75) is 31.9 Å². The van der Waals surface area contributed by atoms with Gasteiger partial charge in [0.25, 0.3) is 0 Å². The fourth-order valence-electron chi connectivity index (χ4n) is 4.37. The number of aliphatic imine (C=N–C) groups is 1. The number of carbonyl (C=O) groups excluding carboxylic acids is 1. The quantitative estimate of drug-likeness (QED) is 0.114. The fraction of sp³-hybridized carbons (Fsp3) is 0.233. The molecule has 1 fully saturated rings. The van der Waals surface area contributed by atoms with Crippen LogP contribution in [0.1, 0.15) is 24.1 Å². The van der Waals surface area contributed by atoms with Gasteiger partial charge in [0.15, 0.2) is 11.0 Å². The number of para-hydroxylation sites is 1. The molecule has 0 spiro atoms. The first kappa shape index (κ1) is 33.9. The number of anilines is 1. The second kappa shape index (κ2) is 14.1. The van der Waals surface area contributed by atoms with Gasteiger partial charge in [0.05, 0.1) is 23.7 Å². The lowest BCUT2D eigenvalue weighted by Crippen LogP contribution is -2.41. The smallest absolute Gasteiger partial charge is 0.426 e. The topological polar surface area (TPSA) is 106 Å². The third kappa shape index (κ3) is 7.93. The van der Waals surface area contributed by atoms with Crippen molar-refractivity contribution in [1.82, 2.24) is 25.6 Å². The average Bonchev–Trinajstić information content (AvgIpc) is 3.67. The lowest BCUT2D eigenvalue weighted by molar-refractivity contribution is -0.360. The van der Waals surface area contributed by atoms with E-state index >= 15 is 0 Å². The predicted molar refractivity (Wildman–Crippen MR) is 170 cm³/mol. The van der Waals surface area contributed by atoms with Crippen LogP contribution in [0.2, 0.25) is 0 Å². The van der Waals surface area contributed by atoms with E-state index in [1.54, 1.807) is 19.2 Å². The maximum absolute atomic E-state index is 13.2. The molecule has 17 heteroatoms. The summed E-state index contributed by atoms with van der Waals surface area (Å²) < 4.78 is 74.0. The maximum Gasteiger partial charge on any atom is 0.499 e. The largest absolute Gasteiger partial charge is 0.499 e. The van der Waals surface area contributed by atoms with Crippen LogP contribution in [-0.4, -0.2) is 56.1 Å².